The number of carboxylic acid groups (broad SMARTS) is 1. The molecule has 0 aliphatic heterocycles. The van der Waals surface area contributed by atoms with Crippen molar-refractivity contribution < 1.29 is 39.5 Å². The minimum absolute atomic E-state index is 0. The summed E-state index contributed by atoms with van der Waals surface area (Å²) < 4.78 is 0. The van der Waals surface area contributed by atoms with E-state index in [0.29, 0.717) is 0 Å². The topological polar surface area (TPSA) is 63.3 Å². The maximum atomic E-state index is 9.00. The second kappa shape index (κ2) is 15.8. The summed E-state index contributed by atoms with van der Waals surface area (Å²) in [4.78, 5) is 9.00. The number of aliphatic carboxylic acids is 1. The predicted molar refractivity (Wildman–Crippen MR) is 32.1 cm³/mol. The van der Waals surface area contributed by atoms with E-state index in [2.05, 4.69) is 0 Å². The fourth-order valence-electron chi connectivity index (χ4n) is 0. The normalized spacial score (nSPS) is 6.11. The van der Waals surface area contributed by atoms with E-state index >= 15 is 0 Å². The van der Waals surface area contributed by atoms with Gasteiger partial charge in [-0.2, -0.15) is 6.42 Å². The monoisotopic (exact) mass is 141 g/mol. The second-order valence-corrected chi connectivity index (χ2v) is 1.16. The van der Waals surface area contributed by atoms with Gasteiger partial charge in [-0.15, -0.1) is 0 Å². The molecule has 0 bridgehead atoms. The summed E-state index contributed by atoms with van der Waals surface area (Å²) in [5.41, 5.74) is 4.90. The van der Waals surface area contributed by atoms with Crippen LogP contribution in [0, 0.1) is 6.54 Å². The number of rotatable bonds is 1. The first-order valence-corrected chi connectivity index (χ1v) is 2.38. The molecule has 0 atom stereocenters. The van der Waals surface area contributed by atoms with Crippen molar-refractivity contribution >= 4 is 5.97 Å². The van der Waals surface area contributed by atoms with Gasteiger partial charge in [-0.3, -0.25) is 11.3 Å². The van der Waals surface area contributed by atoms with Crippen LogP contribution < -0.4 is 35.3 Å². The van der Waals surface area contributed by atoms with E-state index in [1.807, 2.05) is 6.92 Å². The standard InChI is InChI=1S/C3H8N.C2H4O2.Na/c1-2-3-4;1-2(3)4;/h3H,2,4H2,1H3;1H3,(H,3,4);/q-1;;+1. The van der Waals surface area contributed by atoms with Gasteiger partial charge < -0.3 is 10.8 Å². The molecule has 0 radical (unpaired) electrons. The average Bonchev–Trinajstić information content (AvgIpc) is 1.65. The molecule has 3 N–H and O–H groups in total. The van der Waals surface area contributed by atoms with Crippen LogP contribution in [0.25, 0.3) is 0 Å². The van der Waals surface area contributed by atoms with Gasteiger partial charge in [0.25, 0.3) is 5.97 Å². The second-order valence-electron chi connectivity index (χ2n) is 1.16. The maximum absolute atomic E-state index is 9.00. The minimum atomic E-state index is -0.833. The Bertz CT molecular complexity index is 52.9. The van der Waals surface area contributed by atoms with Crippen LogP contribution in [-0.2, 0) is 4.79 Å². The number of carboxylic acids is 1. The van der Waals surface area contributed by atoms with E-state index in [4.69, 9.17) is 15.6 Å². The minimum Gasteiger partial charge on any atom is -0.483 e. The Labute approximate surface area is 77.9 Å². The van der Waals surface area contributed by atoms with Crippen LogP contribution in [0.5, 0.6) is 0 Å². The van der Waals surface area contributed by atoms with Gasteiger partial charge in [0.2, 0.25) is 0 Å². The smallest absolute Gasteiger partial charge is 0.483 e. The Morgan fingerprint density at radius 1 is 1.78 bits per heavy atom. The van der Waals surface area contributed by atoms with Crippen molar-refractivity contribution in [2.24, 2.45) is 5.73 Å². The van der Waals surface area contributed by atoms with Crippen molar-refractivity contribution in [2.75, 3.05) is 0 Å². The third-order valence-electron chi connectivity index (χ3n) is 0.236. The quantitative estimate of drug-likeness (QED) is 0.316. The fourth-order valence-corrected chi connectivity index (χ4v) is 0. The number of hydrogen-bond donors (Lipinski definition) is 2. The fraction of sp³-hybridized carbons (Fsp3) is 0.600. The SMILES string of the molecule is CC(=O)O.CC[CH-]N.[Na+]. The van der Waals surface area contributed by atoms with Crippen molar-refractivity contribution in [3.63, 3.8) is 0 Å². The molecule has 0 saturated carbocycles. The van der Waals surface area contributed by atoms with Crippen molar-refractivity contribution in [2.45, 2.75) is 20.3 Å². The third kappa shape index (κ3) is 170. The van der Waals surface area contributed by atoms with E-state index in [1.165, 1.54) is 0 Å². The molecule has 9 heavy (non-hydrogen) atoms. The van der Waals surface area contributed by atoms with Crippen LogP contribution in [0.3, 0.4) is 0 Å². The first kappa shape index (κ1) is 16.2. The summed E-state index contributed by atoms with van der Waals surface area (Å²) in [5.74, 6) is -0.833. The van der Waals surface area contributed by atoms with Crippen LogP contribution in [0.15, 0.2) is 0 Å². The zero-order valence-corrected chi connectivity index (χ0v) is 8.22. The molecule has 0 aromatic carbocycles. The van der Waals surface area contributed by atoms with Gasteiger partial charge >= 0.3 is 29.6 Å². The van der Waals surface area contributed by atoms with Crippen LogP contribution in [0.1, 0.15) is 20.3 Å². The molecular formula is C5H12NNaO2. The molecule has 0 spiro atoms. The molecule has 0 amide bonds. The Morgan fingerprint density at radius 2 is 1.89 bits per heavy atom. The molecule has 0 rings (SSSR count). The molecule has 0 aromatic rings. The third-order valence-corrected chi connectivity index (χ3v) is 0.236. The Kier molecular flexibility index (Phi) is 28.4. The molecule has 0 aromatic heterocycles. The average molecular weight is 141 g/mol. The molecule has 0 aliphatic carbocycles. The number of hydrogen-bond acceptors (Lipinski definition) is 2. The van der Waals surface area contributed by atoms with E-state index in [9.17, 15) is 0 Å². The van der Waals surface area contributed by atoms with Gasteiger partial charge in [-0.1, -0.05) is 6.92 Å². The summed E-state index contributed by atoms with van der Waals surface area (Å²) in [6, 6.07) is 0. The van der Waals surface area contributed by atoms with Crippen LogP contribution in [0.2, 0.25) is 0 Å². The molecule has 4 heteroatoms. The summed E-state index contributed by atoms with van der Waals surface area (Å²) in [5, 5.41) is 7.42. The van der Waals surface area contributed by atoms with Crippen LogP contribution >= 0.6 is 0 Å². The molecule has 0 saturated heterocycles. The van der Waals surface area contributed by atoms with Gasteiger partial charge in [-0.05, 0) is 0 Å². The molecule has 50 valence electrons. The molecule has 0 aliphatic rings. The summed E-state index contributed by atoms with van der Waals surface area (Å²) in [6.45, 7) is 4.71. The zero-order chi connectivity index (χ0) is 6.99. The zero-order valence-electron chi connectivity index (χ0n) is 6.22. The molecule has 0 fully saturated rings. The summed E-state index contributed by atoms with van der Waals surface area (Å²) in [7, 11) is 0. The molecule has 0 unspecified atom stereocenters. The molecule has 3 nitrogen and oxygen atoms in total. The summed E-state index contributed by atoms with van der Waals surface area (Å²) in [6.07, 6.45) is 0.972. The van der Waals surface area contributed by atoms with Crippen LogP contribution in [-0.4, -0.2) is 11.1 Å². The Morgan fingerprint density at radius 3 is 1.89 bits per heavy atom. The number of carbonyl (C=O) groups is 1. The van der Waals surface area contributed by atoms with Gasteiger partial charge in [0.15, 0.2) is 0 Å². The van der Waals surface area contributed by atoms with Crippen molar-refractivity contribution in [3.8, 4) is 0 Å². The van der Waals surface area contributed by atoms with Gasteiger partial charge in [0.05, 0.1) is 0 Å². The maximum Gasteiger partial charge on any atom is 1.00 e. The Balaban J connectivity index is -0.0000000720. The van der Waals surface area contributed by atoms with Crippen molar-refractivity contribution in [3.05, 3.63) is 6.54 Å². The van der Waals surface area contributed by atoms with Gasteiger partial charge in [0.1, 0.15) is 0 Å². The number of nitrogens with two attached hydrogens (primary N) is 1. The molecular weight excluding hydrogens is 129 g/mol. The Hall–Kier alpha value is 0.430. The van der Waals surface area contributed by atoms with E-state index < -0.39 is 5.97 Å². The van der Waals surface area contributed by atoms with E-state index in [-0.39, 0.29) is 29.6 Å². The van der Waals surface area contributed by atoms with Gasteiger partial charge in [0, 0.05) is 6.92 Å². The van der Waals surface area contributed by atoms with Crippen molar-refractivity contribution in [1.82, 2.24) is 0 Å². The van der Waals surface area contributed by atoms with Crippen LogP contribution in [0.4, 0.5) is 0 Å². The first-order chi connectivity index (χ1) is 3.65. The largest absolute Gasteiger partial charge is 1.00 e. The predicted octanol–water partition coefficient (Wildman–Crippen LogP) is -2.39. The van der Waals surface area contributed by atoms with Crippen molar-refractivity contribution in [1.29, 1.82) is 0 Å². The van der Waals surface area contributed by atoms with E-state index in [1.54, 1.807) is 6.54 Å². The molecule has 0 heterocycles. The van der Waals surface area contributed by atoms with E-state index in [0.717, 1.165) is 13.3 Å². The van der Waals surface area contributed by atoms with Gasteiger partial charge in [-0.25, -0.2) is 0 Å². The first-order valence-electron chi connectivity index (χ1n) is 2.38. The summed E-state index contributed by atoms with van der Waals surface area (Å²) >= 11 is 0.